The fraction of sp³-hybridized carbons (Fsp3) is 0.200. The summed E-state index contributed by atoms with van der Waals surface area (Å²) in [5.74, 6) is 3.24. The van der Waals surface area contributed by atoms with Crippen molar-refractivity contribution in [3.8, 4) is 23.8 Å². The SMILES string of the molecule is C#CCOc1c(Cl)cc(/C=N\NC(=S)NCC=C)cc1OC. The van der Waals surface area contributed by atoms with Gasteiger partial charge in [0.05, 0.1) is 18.3 Å². The van der Waals surface area contributed by atoms with E-state index in [1.54, 1.807) is 24.4 Å². The molecule has 116 valence electrons. The fourth-order valence-electron chi connectivity index (χ4n) is 1.44. The Labute approximate surface area is 140 Å². The van der Waals surface area contributed by atoms with Gasteiger partial charge in [0.15, 0.2) is 16.6 Å². The van der Waals surface area contributed by atoms with Crippen LogP contribution in [-0.2, 0) is 0 Å². The number of halogens is 1. The van der Waals surface area contributed by atoms with Gasteiger partial charge in [-0.2, -0.15) is 5.10 Å². The Morgan fingerprint density at radius 2 is 2.36 bits per heavy atom. The van der Waals surface area contributed by atoms with Crippen molar-refractivity contribution in [3.05, 3.63) is 35.4 Å². The lowest BCUT2D eigenvalue weighted by molar-refractivity contribution is 0.331. The largest absolute Gasteiger partial charge is 0.493 e. The van der Waals surface area contributed by atoms with Gasteiger partial charge in [0, 0.05) is 6.54 Å². The highest BCUT2D eigenvalue weighted by molar-refractivity contribution is 7.80. The summed E-state index contributed by atoms with van der Waals surface area (Å²) in [4.78, 5) is 0. The molecule has 0 radical (unpaired) electrons. The van der Waals surface area contributed by atoms with Crippen LogP contribution in [0.4, 0.5) is 0 Å². The van der Waals surface area contributed by atoms with Gasteiger partial charge >= 0.3 is 0 Å². The topological polar surface area (TPSA) is 54.9 Å². The molecule has 7 heteroatoms. The summed E-state index contributed by atoms with van der Waals surface area (Å²) in [5, 5.41) is 7.66. The van der Waals surface area contributed by atoms with Crippen LogP contribution in [0.3, 0.4) is 0 Å². The second-order valence-electron chi connectivity index (χ2n) is 3.90. The van der Waals surface area contributed by atoms with Gasteiger partial charge in [0.25, 0.3) is 0 Å². The smallest absolute Gasteiger partial charge is 0.187 e. The van der Waals surface area contributed by atoms with Gasteiger partial charge in [-0.3, -0.25) is 5.43 Å². The molecule has 0 aliphatic carbocycles. The maximum absolute atomic E-state index is 6.15. The van der Waals surface area contributed by atoms with Crippen molar-refractivity contribution in [1.82, 2.24) is 10.7 Å². The lowest BCUT2D eigenvalue weighted by atomic mass is 10.2. The molecule has 0 atom stereocenters. The molecule has 0 bridgehead atoms. The van der Waals surface area contributed by atoms with Crippen molar-refractivity contribution in [2.24, 2.45) is 5.10 Å². The van der Waals surface area contributed by atoms with Crippen LogP contribution in [-0.4, -0.2) is 31.6 Å². The zero-order valence-electron chi connectivity index (χ0n) is 12.1. The first-order valence-corrected chi connectivity index (χ1v) is 7.02. The van der Waals surface area contributed by atoms with E-state index >= 15 is 0 Å². The lowest BCUT2D eigenvalue weighted by Crippen LogP contribution is -2.31. The van der Waals surface area contributed by atoms with Gasteiger partial charge in [-0.15, -0.1) is 13.0 Å². The molecule has 1 aromatic carbocycles. The van der Waals surface area contributed by atoms with Gasteiger partial charge < -0.3 is 14.8 Å². The number of nitrogens with zero attached hydrogens (tertiary/aromatic N) is 1. The summed E-state index contributed by atoms with van der Waals surface area (Å²) >= 11 is 11.2. The van der Waals surface area contributed by atoms with Crippen molar-refractivity contribution in [2.75, 3.05) is 20.3 Å². The number of rotatable bonds is 7. The van der Waals surface area contributed by atoms with E-state index in [0.29, 0.717) is 33.7 Å². The Kier molecular flexibility index (Phi) is 7.83. The highest BCUT2D eigenvalue weighted by Gasteiger charge is 2.11. The predicted octanol–water partition coefficient (Wildman–Crippen LogP) is 2.34. The summed E-state index contributed by atoms with van der Waals surface area (Å²) in [6.07, 6.45) is 8.41. The molecule has 2 N–H and O–H groups in total. The van der Waals surface area contributed by atoms with Crippen molar-refractivity contribution in [1.29, 1.82) is 0 Å². The molecule has 0 saturated carbocycles. The number of nitrogens with one attached hydrogen (secondary N) is 2. The lowest BCUT2D eigenvalue weighted by Gasteiger charge is -2.11. The summed E-state index contributed by atoms with van der Waals surface area (Å²) in [6, 6.07) is 3.41. The fourth-order valence-corrected chi connectivity index (χ4v) is 1.85. The van der Waals surface area contributed by atoms with Gasteiger partial charge in [-0.25, -0.2) is 0 Å². The monoisotopic (exact) mass is 337 g/mol. The number of hydrazone groups is 1. The Morgan fingerprint density at radius 1 is 1.59 bits per heavy atom. The second-order valence-corrected chi connectivity index (χ2v) is 4.71. The van der Waals surface area contributed by atoms with E-state index < -0.39 is 0 Å². The molecule has 1 rings (SSSR count). The van der Waals surface area contributed by atoms with Crippen molar-refractivity contribution in [2.45, 2.75) is 0 Å². The van der Waals surface area contributed by atoms with E-state index in [2.05, 4.69) is 28.3 Å². The number of methoxy groups -OCH3 is 1. The van der Waals surface area contributed by atoms with Crippen LogP contribution in [0.5, 0.6) is 11.5 Å². The number of benzene rings is 1. The Bertz CT molecular complexity index is 612. The zero-order valence-corrected chi connectivity index (χ0v) is 13.6. The molecule has 0 spiro atoms. The molecule has 1 aromatic rings. The molecule has 0 unspecified atom stereocenters. The molecular formula is C15H16ClN3O2S. The molecule has 5 nitrogen and oxygen atoms in total. The Hall–Kier alpha value is -2.23. The third-order valence-corrected chi connectivity index (χ3v) is 2.85. The normalized spacial score (nSPS) is 9.86. The standard InChI is InChI=1S/C15H16ClN3O2S/c1-4-6-17-15(22)19-18-10-11-8-12(16)14(21-7-5-2)13(9-11)20-3/h2,4,8-10H,1,6-7H2,3H3,(H2,17,19,22)/b18-10-. The van der Waals surface area contributed by atoms with Gasteiger partial charge in [0.1, 0.15) is 6.61 Å². The van der Waals surface area contributed by atoms with E-state index in [4.69, 9.17) is 39.7 Å². The van der Waals surface area contributed by atoms with E-state index in [0.717, 1.165) is 0 Å². The average Bonchev–Trinajstić information content (AvgIpc) is 2.51. The van der Waals surface area contributed by atoms with E-state index in [-0.39, 0.29) is 6.61 Å². The maximum Gasteiger partial charge on any atom is 0.187 e. The Balaban J connectivity index is 2.80. The third kappa shape index (κ3) is 5.64. The molecule has 0 aliphatic rings. The molecule has 0 aliphatic heterocycles. The predicted molar refractivity (Wildman–Crippen MR) is 93.9 cm³/mol. The van der Waals surface area contributed by atoms with Crippen LogP contribution >= 0.6 is 23.8 Å². The number of ether oxygens (including phenoxy) is 2. The van der Waals surface area contributed by atoms with Crippen LogP contribution in [0.15, 0.2) is 29.9 Å². The molecular weight excluding hydrogens is 322 g/mol. The van der Waals surface area contributed by atoms with E-state index in [1.165, 1.54) is 7.11 Å². The van der Waals surface area contributed by atoms with Crippen LogP contribution in [0, 0.1) is 12.3 Å². The molecule has 0 fully saturated rings. The minimum atomic E-state index is 0.105. The van der Waals surface area contributed by atoms with Gasteiger partial charge in [-0.1, -0.05) is 23.6 Å². The summed E-state index contributed by atoms with van der Waals surface area (Å²) in [7, 11) is 1.52. The summed E-state index contributed by atoms with van der Waals surface area (Å²) in [5.41, 5.74) is 3.39. The van der Waals surface area contributed by atoms with Crippen molar-refractivity contribution in [3.63, 3.8) is 0 Å². The average molecular weight is 338 g/mol. The first kappa shape index (κ1) is 17.8. The number of hydrogen-bond donors (Lipinski definition) is 2. The first-order valence-electron chi connectivity index (χ1n) is 6.24. The van der Waals surface area contributed by atoms with Gasteiger partial charge in [0.2, 0.25) is 0 Å². The van der Waals surface area contributed by atoms with Crippen LogP contribution in [0.1, 0.15) is 5.56 Å². The second kappa shape index (κ2) is 9.66. The van der Waals surface area contributed by atoms with E-state index in [1.807, 2.05) is 0 Å². The molecule has 0 heterocycles. The third-order valence-electron chi connectivity index (χ3n) is 2.34. The maximum atomic E-state index is 6.15. The minimum absolute atomic E-state index is 0.105. The van der Waals surface area contributed by atoms with Crippen LogP contribution in [0.25, 0.3) is 0 Å². The first-order chi connectivity index (χ1) is 10.6. The zero-order chi connectivity index (χ0) is 16.4. The number of thiocarbonyl (C=S) groups is 1. The van der Waals surface area contributed by atoms with E-state index in [9.17, 15) is 0 Å². The highest BCUT2D eigenvalue weighted by atomic mass is 35.5. The van der Waals surface area contributed by atoms with Gasteiger partial charge in [-0.05, 0) is 29.9 Å². The minimum Gasteiger partial charge on any atom is -0.493 e. The molecule has 0 amide bonds. The van der Waals surface area contributed by atoms with Crippen LogP contribution < -0.4 is 20.2 Å². The highest BCUT2D eigenvalue weighted by Crippen LogP contribution is 2.35. The number of terminal acetylenes is 1. The summed E-state index contributed by atoms with van der Waals surface area (Å²) in [6.45, 7) is 4.24. The Morgan fingerprint density at radius 3 is 3.00 bits per heavy atom. The summed E-state index contributed by atoms with van der Waals surface area (Å²) < 4.78 is 10.6. The molecule has 0 aromatic heterocycles. The number of hydrogen-bond acceptors (Lipinski definition) is 4. The quantitative estimate of drug-likeness (QED) is 0.263. The van der Waals surface area contributed by atoms with Crippen molar-refractivity contribution >= 4 is 35.1 Å². The van der Waals surface area contributed by atoms with Crippen molar-refractivity contribution < 1.29 is 9.47 Å². The molecule has 0 saturated heterocycles. The van der Waals surface area contributed by atoms with Crippen LogP contribution in [0.2, 0.25) is 5.02 Å². The molecule has 22 heavy (non-hydrogen) atoms.